The average Bonchev–Trinajstić information content (AvgIpc) is 2.83. The smallest absolute Gasteiger partial charge is 0.243 e. The van der Waals surface area contributed by atoms with Crippen LogP contribution < -0.4 is 20.7 Å². The molecule has 0 fully saturated rings. The Morgan fingerprint density at radius 3 is 2.46 bits per heavy atom. The topological polar surface area (TPSA) is 112 Å². The molecule has 0 saturated carbocycles. The number of benzene rings is 3. The van der Waals surface area contributed by atoms with E-state index in [1.165, 1.54) is 5.56 Å². The highest BCUT2D eigenvalue weighted by molar-refractivity contribution is 5.97. The number of hydrogen-bond acceptors (Lipinski definition) is 5. The van der Waals surface area contributed by atoms with Crippen LogP contribution in [0.4, 0.5) is 11.4 Å². The number of nitrogens with two attached hydrogens (primary N) is 1. The first-order valence-corrected chi connectivity index (χ1v) is 11.3. The van der Waals surface area contributed by atoms with Crippen LogP contribution in [0, 0.1) is 5.41 Å². The molecule has 5 N–H and O–H groups in total. The van der Waals surface area contributed by atoms with Crippen LogP contribution in [0.25, 0.3) is 0 Å². The van der Waals surface area contributed by atoms with Gasteiger partial charge in [-0.1, -0.05) is 50.2 Å². The molecule has 7 nitrogen and oxygen atoms in total. The maximum Gasteiger partial charge on any atom is 0.243 e. The number of rotatable bonds is 11. The molecule has 0 aliphatic rings. The Morgan fingerprint density at radius 1 is 1.09 bits per heavy atom. The SMILES string of the molecule is CC(C)c1ccc(NC(=O)CN(Cc2cccc(OCCO)c2)c2cccc(C(=N)N)c2)cc1.Cl. The molecule has 186 valence electrons. The Hall–Kier alpha value is -3.55. The highest BCUT2D eigenvalue weighted by Crippen LogP contribution is 2.22. The summed E-state index contributed by atoms with van der Waals surface area (Å²) in [5.41, 5.74) is 9.95. The van der Waals surface area contributed by atoms with Gasteiger partial charge >= 0.3 is 0 Å². The van der Waals surface area contributed by atoms with Crippen molar-refractivity contribution in [3.63, 3.8) is 0 Å². The largest absolute Gasteiger partial charge is 0.491 e. The molecule has 8 heteroatoms. The van der Waals surface area contributed by atoms with E-state index in [-0.39, 0.29) is 43.9 Å². The minimum absolute atomic E-state index is 0. The van der Waals surface area contributed by atoms with E-state index >= 15 is 0 Å². The zero-order valence-electron chi connectivity index (χ0n) is 20.0. The van der Waals surface area contributed by atoms with Gasteiger partial charge in [0.25, 0.3) is 0 Å². The predicted molar refractivity (Wildman–Crippen MR) is 144 cm³/mol. The van der Waals surface area contributed by atoms with Gasteiger partial charge in [-0.05, 0) is 53.4 Å². The summed E-state index contributed by atoms with van der Waals surface area (Å²) in [5, 5.41) is 19.8. The second-order valence-electron chi connectivity index (χ2n) is 8.36. The van der Waals surface area contributed by atoms with E-state index in [0.717, 1.165) is 16.9 Å². The maximum absolute atomic E-state index is 13.0. The fourth-order valence-corrected chi connectivity index (χ4v) is 3.55. The third-order valence-corrected chi connectivity index (χ3v) is 5.35. The van der Waals surface area contributed by atoms with Gasteiger partial charge in [0.15, 0.2) is 0 Å². The molecule has 0 heterocycles. The Balaban J connectivity index is 0.00000432. The van der Waals surface area contributed by atoms with Crippen molar-refractivity contribution in [2.75, 3.05) is 30.0 Å². The van der Waals surface area contributed by atoms with E-state index in [1.807, 2.05) is 65.6 Å². The van der Waals surface area contributed by atoms with Crippen LogP contribution in [0.15, 0.2) is 72.8 Å². The number of nitrogen functional groups attached to an aromatic ring is 1. The molecular formula is C27H33ClN4O3. The highest BCUT2D eigenvalue weighted by Gasteiger charge is 2.15. The van der Waals surface area contributed by atoms with Crippen molar-refractivity contribution >= 4 is 35.5 Å². The first kappa shape index (κ1) is 27.7. The van der Waals surface area contributed by atoms with Gasteiger partial charge in [0.2, 0.25) is 5.91 Å². The van der Waals surface area contributed by atoms with Crippen LogP contribution in [-0.4, -0.2) is 36.6 Å². The molecule has 1 amide bonds. The van der Waals surface area contributed by atoms with E-state index in [0.29, 0.717) is 23.8 Å². The summed E-state index contributed by atoms with van der Waals surface area (Å²) in [6.45, 7) is 4.96. The van der Waals surface area contributed by atoms with Crippen molar-refractivity contribution in [3.05, 3.63) is 89.5 Å². The van der Waals surface area contributed by atoms with Crippen molar-refractivity contribution in [2.45, 2.75) is 26.3 Å². The lowest BCUT2D eigenvalue weighted by Gasteiger charge is -2.25. The Bertz CT molecular complexity index is 1120. The fraction of sp³-hybridized carbons (Fsp3) is 0.259. The third-order valence-electron chi connectivity index (χ3n) is 5.35. The van der Waals surface area contributed by atoms with Crippen LogP contribution >= 0.6 is 12.4 Å². The van der Waals surface area contributed by atoms with Gasteiger partial charge in [0.1, 0.15) is 18.2 Å². The number of carbonyl (C=O) groups is 1. The van der Waals surface area contributed by atoms with Crippen molar-refractivity contribution in [3.8, 4) is 5.75 Å². The monoisotopic (exact) mass is 496 g/mol. The van der Waals surface area contributed by atoms with Gasteiger partial charge in [0.05, 0.1) is 13.2 Å². The van der Waals surface area contributed by atoms with Gasteiger partial charge in [0, 0.05) is 23.5 Å². The third kappa shape index (κ3) is 8.31. The zero-order chi connectivity index (χ0) is 24.5. The van der Waals surface area contributed by atoms with Gasteiger partial charge in [-0.25, -0.2) is 0 Å². The van der Waals surface area contributed by atoms with Crippen molar-refractivity contribution in [1.82, 2.24) is 0 Å². The minimum atomic E-state index is -0.154. The summed E-state index contributed by atoms with van der Waals surface area (Å²) in [7, 11) is 0. The van der Waals surface area contributed by atoms with E-state index < -0.39 is 0 Å². The molecular weight excluding hydrogens is 464 g/mol. The van der Waals surface area contributed by atoms with Gasteiger partial charge in [-0.15, -0.1) is 12.4 Å². The number of aliphatic hydroxyl groups excluding tert-OH is 1. The molecule has 0 unspecified atom stereocenters. The number of nitrogens with zero attached hydrogens (tertiary/aromatic N) is 1. The van der Waals surface area contributed by atoms with Crippen molar-refractivity contribution in [1.29, 1.82) is 5.41 Å². The normalized spacial score (nSPS) is 10.4. The lowest BCUT2D eigenvalue weighted by atomic mass is 10.0. The number of nitrogens with one attached hydrogen (secondary N) is 2. The Morgan fingerprint density at radius 2 is 1.80 bits per heavy atom. The van der Waals surface area contributed by atoms with Crippen LogP contribution in [0.2, 0.25) is 0 Å². The minimum Gasteiger partial charge on any atom is -0.491 e. The standard InChI is InChI=1S/C27H32N4O3.ClH/c1-19(2)21-9-11-23(12-10-21)30-26(33)18-31(24-7-4-6-22(16-24)27(28)29)17-20-5-3-8-25(15-20)34-14-13-32;/h3-12,15-16,19,32H,13-14,17-18H2,1-2H3,(H3,28,29)(H,30,33);1H. The lowest BCUT2D eigenvalue weighted by molar-refractivity contribution is -0.115. The maximum atomic E-state index is 13.0. The van der Waals surface area contributed by atoms with Gasteiger partial charge in [-0.3, -0.25) is 10.2 Å². The van der Waals surface area contributed by atoms with Crippen molar-refractivity contribution in [2.24, 2.45) is 5.73 Å². The van der Waals surface area contributed by atoms with Crippen LogP contribution in [0.5, 0.6) is 5.75 Å². The summed E-state index contributed by atoms with van der Waals surface area (Å²) >= 11 is 0. The molecule has 0 bridgehead atoms. The van der Waals surface area contributed by atoms with E-state index in [4.69, 9.17) is 21.0 Å². The van der Waals surface area contributed by atoms with Crippen molar-refractivity contribution < 1.29 is 14.6 Å². The van der Waals surface area contributed by atoms with Crippen LogP contribution in [0.3, 0.4) is 0 Å². The number of halogens is 1. The highest BCUT2D eigenvalue weighted by atomic mass is 35.5. The summed E-state index contributed by atoms with van der Waals surface area (Å²) in [4.78, 5) is 14.9. The van der Waals surface area contributed by atoms with Crippen LogP contribution in [-0.2, 0) is 11.3 Å². The van der Waals surface area contributed by atoms with Gasteiger partial charge in [-0.2, -0.15) is 0 Å². The quantitative estimate of drug-likeness (QED) is 0.230. The first-order valence-electron chi connectivity index (χ1n) is 11.3. The molecule has 0 atom stereocenters. The predicted octanol–water partition coefficient (Wildman–Crippen LogP) is 4.53. The molecule has 0 aromatic heterocycles. The molecule has 3 rings (SSSR count). The molecule has 0 aliphatic heterocycles. The number of ether oxygens (including phenoxy) is 1. The summed E-state index contributed by atoms with van der Waals surface area (Å²) in [6.07, 6.45) is 0. The molecule has 0 spiro atoms. The van der Waals surface area contributed by atoms with E-state index in [9.17, 15) is 4.79 Å². The number of anilines is 2. The Labute approximate surface area is 212 Å². The van der Waals surface area contributed by atoms with Gasteiger partial charge < -0.3 is 25.8 Å². The molecule has 3 aromatic rings. The summed E-state index contributed by atoms with van der Waals surface area (Å²) in [5.74, 6) is 0.888. The Kier molecular flexibility index (Phi) is 10.6. The second-order valence-corrected chi connectivity index (χ2v) is 8.36. The van der Waals surface area contributed by atoms with Crippen LogP contribution in [0.1, 0.15) is 36.5 Å². The molecule has 0 aliphatic carbocycles. The first-order chi connectivity index (χ1) is 16.4. The van der Waals surface area contributed by atoms with E-state index in [2.05, 4.69) is 19.2 Å². The number of amidine groups is 1. The molecule has 3 aromatic carbocycles. The lowest BCUT2D eigenvalue weighted by Crippen LogP contribution is -2.33. The summed E-state index contributed by atoms with van der Waals surface area (Å²) in [6, 6.07) is 22.7. The number of aliphatic hydroxyl groups is 1. The van der Waals surface area contributed by atoms with E-state index in [1.54, 1.807) is 12.1 Å². The number of hydrogen-bond donors (Lipinski definition) is 4. The summed E-state index contributed by atoms with van der Waals surface area (Å²) < 4.78 is 5.53. The number of amides is 1. The molecule has 0 saturated heterocycles. The fourth-order valence-electron chi connectivity index (χ4n) is 3.55. The second kappa shape index (κ2) is 13.4. The number of carbonyl (C=O) groups excluding carboxylic acids is 1. The molecule has 0 radical (unpaired) electrons. The average molecular weight is 497 g/mol. The molecule has 35 heavy (non-hydrogen) atoms. The zero-order valence-corrected chi connectivity index (χ0v) is 20.8.